The van der Waals surface area contributed by atoms with Crippen molar-refractivity contribution in [1.82, 2.24) is 5.16 Å². The molecule has 2 aromatic carbocycles. The fourth-order valence-corrected chi connectivity index (χ4v) is 3.89. The van der Waals surface area contributed by atoms with Crippen molar-refractivity contribution < 1.29 is 22.8 Å². The van der Waals surface area contributed by atoms with Gasteiger partial charge in [-0.15, -0.1) is 0 Å². The van der Waals surface area contributed by atoms with Gasteiger partial charge in [-0.3, -0.25) is 4.79 Å². The van der Waals surface area contributed by atoms with Gasteiger partial charge in [-0.2, -0.15) is 0 Å². The van der Waals surface area contributed by atoms with E-state index >= 15 is 0 Å². The molecule has 1 unspecified atom stereocenters. The highest BCUT2D eigenvalue weighted by Gasteiger charge is 2.22. The van der Waals surface area contributed by atoms with E-state index in [1.165, 1.54) is 13.0 Å². The minimum atomic E-state index is -3.94. The third-order valence-electron chi connectivity index (χ3n) is 4.30. The van der Waals surface area contributed by atoms with Crippen molar-refractivity contribution in [2.24, 2.45) is 0 Å². The number of aliphatic carboxylic acids is 1. The predicted molar refractivity (Wildman–Crippen MR) is 101 cm³/mol. The minimum absolute atomic E-state index is 0.0556. The maximum atomic E-state index is 12.9. The first-order valence-corrected chi connectivity index (χ1v) is 9.66. The SMILES string of the molecule is Cc1noc(NS(=O)(=O)c2cccc3c(NC(C)C(=O)O)cccc23)c1C. The third kappa shape index (κ3) is 3.59. The van der Waals surface area contributed by atoms with Crippen LogP contribution in [0.1, 0.15) is 18.2 Å². The second-order valence-corrected chi connectivity index (χ2v) is 7.84. The van der Waals surface area contributed by atoms with Crippen LogP contribution in [0, 0.1) is 13.8 Å². The van der Waals surface area contributed by atoms with E-state index in [-0.39, 0.29) is 10.8 Å². The summed E-state index contributed by atoms with van der Waals surface area (Å²) in [6.45, 7) is 4.94. The Hall–Kier alpha value is -3.07. The van der Waals surface area contributed by atoms with Crippen molar-refractivity contribution >= 4 is 38.3 Å². The Morgan fingerprint density at radius 3 is 2.44 bits per heavy atom. The highest BCUT2D eigenvalue weighted by atomic mass is 32.2. The summed E-state index contributed by atoms with van der Waals surface area (Å²) in [6, 6.07) is 9.03. The van der Waals surface area contributed by atoms with Crippen molar-refractivity contribution in [3.8, 4) is 0 Å². The van der Waals surface area contributed by atoms with E-state index in [0.29, 0.717) is 27.7 Å². The zero-order chi connectivity index (χ0) is 19.8. The van der Waals surface area contributed by atoms with Gasteiger partial charge in [0, 0.05) is 22.0 Å². The summed E-state index contributed by atoms with van der Waals surface area (Å²) in [4.78, 5) is 11.2. The van der Waals surface area contributed by atoms with Gasteiger partial charge in [0.2, 0.25) is 5.88 Å². The number of sulfonamides is 1. The van der Waals surface area contributed by atoms with Crippen LogP contribution in [-0.2, 0) is 14.8 Å². The number of carbonyl (C=O) groups is 1. The number of nitrogens with one attached hydrogen (secondary N) is 2. The Morgan fingerprint density at radius 1 is 1.15 bits per heavy atom. The maximum Gasteiger partial charge on any atom is 0.325 e. The lowest BCUT2D eigenvalue weighted by atomic mass is 10.1. The maximum absolute atomic E-state index is 12.9. The second-order valence-electron chi connectivity index (χ2n) is 6.19. The molecule has 1 heterocycles. The molecule has 0 saturated heterocycles. The molecule has 1 aromatic heterocycles. The first-order chi connectivity index (χ1) is 12.7. The number of nitrogens with zero attached hydrogens (tertiary/aromatic N) is 1. The number of fused-ring (bicyclic) bond motifs is 1. The molecule has 8 nitrogen and oxygen atoms in total. The van der Waals surface area contributed by atoms with Gasteiger partial charge in [0.15, 0.2) is 0 Å². The molecule has 3 aromatic rings. The van der Waals surface area contributed by atoms with E-state index < -0.39 is 22.0 Å². The van der Waals surface area contributed by atoms with Gasteiger partial charge >= 0.3 is 5.97 Å². The molecule has 0 aliphatic rings. The quantitative estimate of drug-likeness (QED) is 0.592. The van der Waals surface area contributed by atoms with Crippen molar-refractivity contribution in [3.05, 3.63) is 47.7 Å². The molecule has 27 heavy (non-hydrogen) atoms. The molecule has 0 aliphatic heterocycles. The predicted octanol–water partition coefficient (Wildman–Crippen LogP) is 3.13. The number of aromatic nitrogens is 1. The van der Waals surface area contributed by atoms with Crippen molar-refractivity contribution in [2.45, 2.75) is 31.7 Å². The fraction of sp³-hybridized carbons (Fsp3) is 0.222. The molecule has 0 aliphatic carbocycles. The second kappa shape index (κ2) is 6.92. The minimum Gasteiger partial charge on any atom is -0.480 e. The van der Waals surface area contributed by atoms with Crippen LogP contribution in [0.2, 0.25) is 0 Å². The lowest BCUT2D eigenvalue weighted by Gasteiger charge is -2.15. The highest BCUT2D eigenvalue weighted by molar-refractivity contribution is 7.93. The topological polar surface area (TPSA) is 122 Å². The molecule has 0 fully saturated rings. The Balaban J connectivity index is 2.07. The van der Waals surface area contributed by atoms with Gasteiger partial charge in [0.25, 0.3) is 10.0 Å². The zero-order valence-corrected chi connectivity index (χ0v) is 15.8. The number of carboxylic acid groups (broad SMARTS) is 1. The summed E-state index contributed by atoms with van der Waals surface area (Å²) < 4.78 is 33.3. The van der Waals surface area contributed by atoms with Crippen LogP contribution in [0.3, 0.4) is 0 Å². The van der Waals surface area contributed by atoms with Gasteiger partial charge < -0.3 is 14.9 Å². The highest BCUT2D eigenvalue weighted by Crippen LogP contribution is 2.31. The monoisotopic (exact) mass is 389 g/mol. The molecular formula is C18H19N3O5S. The summed E-state index contributed by atoms with van der Waals surface area (Å²) >= 11 is 0. The number of benzene rings is 2. The number of carboxylic acids is 1. The Kier molecular flexibility index (Phi) is 4.79. The van der Waals surface area contributed by atoms with Crippen molar-refractivity contribution in [3.63, 3.8) is 0 Å². The summed E-state index contributed by atoms with van der Waals surface area (Å²) in [7, 11) is -3.94. The number of anilines is 2. The van der Waals surface area contributed by atoms with Crippen LogP contribution >= 0.6 is 0 Å². The van der Waals surface area contributed by atoms with E-state index in [1.807, 2.05) is 0 Å². The van der Waals surface area contributed by atoms with Gasteiger partial charge in [-0.25, -0.2) is 13.1 Å². The molecule has 3 rings (SSSR count). The van der Waals surface area contributed by atoms with Crippen LogP contribution in [0.15, 0.2) is 45.8 Å². The summed E-state index contributed by atoms with van der Waals surface area (Å²) in [5.74, 6) is -0.938. The van der Waals surface area contributed by atoms with Gasteiger partial charge in [-0.05, 0) is 32.9 Å². The average Bonchev–Trinajstić information content (AvgIpc) is 2.93. The smallest absolute Gasteiger partial charge is 0.325 e. The van der Waals surface area contributed by atoms with Crippen molar-refractivity contribution in [1.29, 1.82) is 0 Å². The molecule has 0 spiro atoms. The lowest BCUT2D eigenvalue weighted by molar-refractivity contribution is -0.137. The number of hydrogen-bond acceptors (Lipinski definition) is 6. The summed E-state index contributed by atoms with van der Waals surface area (Å²) in [6.07, 6.45) is 0. The van der Waals surface area contributed by atoms with E-state index in [9.17, 15) is 13.2 Å². The average molecular weight is 389 g/mol. The molecule has 0 bridgehead atoms. The number of hydrogen-bond donors (Lipinski definition) is 3. The fourth-order valence-electron chi connectivity index (χ4n) is 2.62. The first kappa shape index (κ1) is 18.7. The molecule has 0 radical (unpaired) electrons. The summed E-state index contributed by atoms with van der Waals surface area (Å²) in [5.41, 5.74) is 1.74. The van der Waals surface area contributed by atoms with E-state index in [4.69, 9.17) is 9.63 Å². The molecular weight excluding hydrogens is 370 g/mol. The standard InChI is InChI=1S/C18H19N3O5S/c1-10-11(2)20-26-17(10)21-27(24,25)16-9-5-6-13-14(16)7-4-8-15(13)19-12(3)18(22)23/h4-9,12,19,21H,1-3H3,(H,22,23). The molecule has 0 saturated carbocycles. The van der Waals surface area contributed by atoms with Crippen LogP contribution in [0.25, 0.3) is 10.8 Å². The Labute approximate surface area is 156 Å². The van der Waals surface area contributed by atoms with Gasteiger partial charge in [0.05, 0.1) is 10.6 Å². The van der Waals surface area contributed by atoms with E-state index in [2.05, 4.69) is 15.2 Å². The molecule has 3 N–H and O–H groups in total. The van der Waals surface area contributed by atoms with Crippen molar-refractivity contribution in [2.75, 3.05) is 10.0 Å². The zero-order valence-electron chi connectivity index (χ0n) is 15.0. The van der Waals surface area contributed by atoms with Crippen LogP contribution in [0.5, 0.6) is 0 Å². The Bertz CT molecular complexity index is 1120. The largest absolute Gasteiger partial charge is 0.480 e. The van der Waals surface area contributed by atoms with E-state index in [1.54, 1.807) is 44.2 Å². The van der Waals surface area contributed by atoms with Gasteiger partial charge in [-0.1, -0.05) is 29.4 Å². The number of aryl methyl sites for hydroxylation is 1. The van der Waals surface area contributed by atoms with Crippen LogP contribution in [0.4, 0.5) is 11.6 Å². The summed E-state index contributed by atoms with van der Waals surface area (Å²) in [5, 5.41) is 16.8. The van der Waals surface area contributed by atoms with Gasteiger partial charge in [0.1, 0.15) is 6.04 Å². The first-order valence-electron chi connectivity index (χ1n) is 8.17. The molecule has 142 valence electrons. The third-order valence-corrected chi connectivity index (χ3v) is 5.69. The lowest BCUT2D eigenvalue weighted by Crippen LogP contribution is -2.25. The van der Waals surface area contributed by atoms with E-state index in [0.717, 1.165) is 0 Å². The molecule has 0 amide bonds. The van der Waals surface area contributed by atoms with Crippen LogP contribution in [-0.4, -0.2) is 30.7 Å². The molecule has 9 heteroatoms. The number of rotatable bonds is 6. The van der Waals surface area contributed by atoms with Crippen LogP contribution < -0.4 is 10.0 Å². The normalized spacial score (nSPS) is 12.7. The molecule has 1 atom stereocenters. The Morgan fingerprint density at radius 2 is 1.81 bits per heavy atom.